The van der Waals surface area contributed by atoms with E-state index in [9.17, 15) is 19.4 Å². The SMILES string of the molecule is C=C1CC[C@@H]2[C@@H](C)[C@](O)(F)CC[C@@]2(C)[C@@H]1C/C=C1/C(=O)OC[C@H]1O. The summed E-state index contributed by atoms with van der Waals surface area (Å²) in [4.78, 5) is 11.7. The molecule has 3 rings (SSSR count). The Hall–Kier alpha value is -1.20. The van der Waals surface area contributed by atoms with Crippen LogP contribution in [-0.4, -0.2) is 34.7 Å². The zero-order chi connectivity index (χ0) is 17.7. The Morgan fingerprint density at radius 3 is 2.79 bits per heavy atom. The zero-order valence-corrected chi connectivity index (χ0v) is 14.4. The molecular formula is C19H27FO4. The number of rotatable bonds is 2. The van der Waals surface area contributed by atoms with Crippen LogP contribution in [0.25, 0.3) is 0 Å². The summed E-state index contributed by atoms with van der Waals surface area (Å²) < 4.78 is 19.2. The highest BCUT2D eigenvalue weighted by Crippen LogP contribution is 2.60. The molecule has 1 saturated heterocycles. The minimum Gasteiger partial charge on any atom is -0.459 e. The van der Waals surface area contributed by atoms with E-state index in [-0.39, 0.29) is 30.3 Å². The summed E-state index contributed by atoms with van der Waals surface area (Å²) in [6.07, 6.45) is 3.86. The molecule has 2 N–H and O–H groups in total. The first-order chi connectivity index (χ1) is 11.2. The molecule has 0 radical (unpaired) electrons. The van der Waals surface area contributed by atoms with Gasteiger partial charge in [-0.3, -0.25) is 0 Å². The number of esters is 1. The van der Waals surface area contributed by atoms with E-state index in [1.54, 1.807) is 13.0 Å². The van der Waals surface area contributed by atoms with Gasteiger partial charge in [0.1, 0.15) is 12.7 Å². The third-order valence-corrected chi connectivity index (χ3v) is 6.77. The maximum Gasteiger partial charge on any atom is 0.336 e. The summed E-state index contributed by atoms with van der Waals surface area (Å²) in [6.45, 7) is 8.18. The maximum atomic E-state index is 14.4. The lowest BCUT2D eigenvalue weighted by Crippen LogP contribution is -2.53. The van der Waals surface area contributed by atoms with Gasteiger partial charge < -0.3 is 14.9 Å². The smallest absolute Gasteiger partial charge is 0.336 e. The predicted molar refractivity (Wildman–Crippen MR) is 87.6 cm³/mol. The van der Waals surface area contributed by atoms with Crippen LogP contribution >= 0.6 is 0 Å². The van der Waals surface area contributed by atoms with E-state index in [0.717, 1.165) is 18.4 Å². The summed E-state index contributed by atoms with van der Waals surface area (Å²) in [6, 6.07) is 0. The molecule has 2 aliphatic carbocycles. The number of aliphatic hydroxyl groups excluding tert-OH is 1. The van der Waals surface area contributed by atoms with Crippen molar-refractivity contribution in [3.63, 3.8) is 0 Å². The zero-order valence-electron chi connectivity index (χ0n) is 14.4. The van der Waals surface area contributed by atoms with Gasteiger partial charge in [-0.2, -0.15) is 0 Å². The van der Waals surface area contributed by atoms with Gasteiger partial charge in [0.2, 0.25) is 5.85 Å². The Bertz CT molecular complexity index is 582. The highest BCUT2D eigenvalue weighted by molar-refractivity contribution is 5.91. The summed E-state index contributed by atoms with van der Waals surface area (Å²) in [5.41, 5.74) is 1.28. The summed E-state index contributed by atoms with van der Waals surface area (Å²) in [7, 11) is 0. The van der Waals surface area contributed by atoms with Crippen LogP contribution in [0.15, 0.2) is 23.8 Å². The van der Waals surface area contributed by atoms with Crippen LogP contribution in [0.1, 0.15) is 46.0 Å². The average molecular weight is 338 g/mol. The van der Waals surface area contributed by atoms with Crippen molar-refractivity contribution in [1.82, 2.24) is 0 Å². The average Bonchev–Trinajstić information content (AvgIpc) is 2.83. The molecular weight excluding hydrogens is 311 g/mol. The van der Waals surface area contributed by atoms with Crippen LogP contribution in [0.3, 0.4) is 0 Å². The molecule has 5 heteroatoms. The van der Waals surface area contributed by atoms with Crippen molar-refractivity contribution in [3.8, 4) is 0 Å². The van der Waals surface area contributed by atoms with Gasteiger partial charge in [0.05, 0.1) is 5.57 Å². The number of carbonyl (C=O) groups excluding carboxylic acids is 1. The number of hydrogen-bond donors (Lipinski definition) is 2. The van der Waals surface area contributed by atoms with Crippen LogP contribution in [0.2, 0.25) is 0 Å². The number of carbonyl (C=O) groups is 1. The van der Waals surface area contributed by atoms with Gasteiger partial charge in [-0.05, 0) is 42.9 Å². The molecule has 0 aromatic carbocycles. The molecule has 0 spiro atoms. The van der Waals surface area contributed by atoms with Crippen molar-refractivity contribution in [3.05, 3.63) is 23.8 Å². The predicted octanol–water partition coefficient (Wildman–Crippen LogP) is 2.90. The molecule has 1 heterocycles. The van der Waals surface area contributed by atoms with Crippen molar-refractivity contribution < 1.29 is 24.1 Å². The molecule has 0 amide bonds. The number of alkyl halides is 1. The molecule has 0 unspecified atom stereocenters. The fourth-order valence-corrected chi connectivity index (χ4v) is 5.09. The topological polar surface area (TPSA) is 66.8 Å². The van der Waals surface area contributed by atoms with Crippen molar-refractivity contribution in [2.75, 3.05) is 6.61 Å². The number of aliphatic hydroxyl groups is 2. The van der Waals surface area contributed by atoms with Crippen molar-refractivity contribution >= 4 is 5.97 Å². The van der Waals surface area contributed by atoms with Crippen molar-refractivity contribution in [1.29, 1.82) is 0 Å². The number of hydrogen-bond acceptors (Lipinski definition) is 4. The monoisotopic (exact) mass is 338 g/mol. The normalized spacial score (nSPS) is 47.6. The maximum absolute atomic E-state index is 14.4. The fraction of sp³-hybridized carbons (Fsp3) is 0.737. The van der Waals surface area contributed by atoms with E-state index >= 15 is 0 Å². The Kier molecular flexibility index (Phi) is 4.37. The first-order valence-corrected chi connectivity index (χ1v) is 8.81. The second kappa shape index (κ2) is 5.95. The Morgan fingerprint density at radius 2 is 2.17 bits per heavy atom. The molecule has 0 aromatic heterocycles. The Morgan fingerprint density at radius 1 is 1.46 bits per heavy atom. The molecule has 3 aliphatic rings. The van der Waals surface area contributed by atoms with Gasteiger partial charge in [0.25, 0.3) is 0 Å². The van der Waals surface area contributed by atoms with Crippen LogP contribution < -0.4 is 0 Å². The standard InChI is InChI=1S/C19H27FO4/c1-11-4-6-15-12(2)19(20,23)9-8-18(15,3)14(11)7-5-13-16(21)10-24-17(13)22/h5,12,14-16,21,23H,1,4,6-10H2,2-3H3/b13-5+/t12-,14-,15-,16-,18+,19+/m1/s1. The van der Waals surface area contributed by atoms with Crippen molar-refractivity contribution in [2.45, 2.75) is 57.9 Å². The van der Waals surface area contributed by atoms with Crippen molar-refractivity contribution in [2.24, 2.45) is 23.2 Å². The number of halogens is 1. The molecule has 2 saturated carbocycles. The van der Waals surface area contributed by atoms with Crippen LogP contribution in [-0.2, 0) is 9.53 Å². The first-order valence-electron chi connectivity index (χ1n) is 8.81. The molecule has 6 atom stereocenters. The Balaban J connectivity index is 1.85. The summed E-state index contributed by atoms with van der Waals surface area (Å²) in [5, 5.41) is 19.9. The summed E-state index contributed by atoms with van der Waals surface area (Å²) in [5.74, 6) is -2.78. The van der Waals surface area contributed by atoms with Gasteiger partial charge in [-0.15, -0.1) is 0 Å². The highest BCUT2D eigenvalue weighted by atomic mass is 19.2. The molecule has 0 aromatic rings. The molecule has 3 fully saturated rings. The minimum absolute atomic E-state index is 0.0160. The van der Waals surface area contributed by atoms with E-state index in [0.29, 0.717) is 18.4 Å². The van der Waals surface area contributed by atoms with E-state index in [2.05, 4.69) is 13.5 Å². The number of allylic oxidation sites excluding steroid dienone is 2. The molecule has 0 bridgehead atoms. The van der Waals surface area contributed by atoms with Gasteiger partial charge in [-0.25, -0.2) is 9.18 Å². The quantitative estimate of drug-likeness (QED) is 0.461. The lowest BCUT2D eigenvalue weighted by molar-refractivity contribution is -0.207. The van der Waals surface area contributed by atoms with E-state index in [1.165, 1.54) is 0 Å². The van der Waals surface area contributed by atoms with E-state index in [4.69, 9.17) is 4.74 Å². The highest BCUT2D eigenvalue weighted by Gasteiger charge is 2.56. The molecule has 24 heavy (non-hydrogen) atoms. The largest absolute Gasteiger partial charge is 0.459 e. The second-order valence-corrected chi connectivity index (χ2v) is 7.98. The van der Waals surface area contributed by atoms with Gasteiger partial charge in [0.15, 0.2) is 0 Å². The number of ether oxygens (including phenoxy) is 1. The molecule has 134 valence electrons. The molecule has 4 nitrogen and oxygen atoms in total. The molecule has 1 aliphatic heterocycles. The van der Waals surface area contributed by atoms with Crippen LogP contribution in [0, 0.1) is 23.2 Å². The van der Waals surface area contributed by atoms with Gasteiger partial charge >= 0.3 is 5.97 Å². The van der Waals surface area contributed by atoms with E-state index in [1.807, 2.05) is 0 Å². The second-order valence-electron chi connectivity index (χ2n) is 7.98. The van der Waals surface area contributed by atoms with Gasteiger partial charge in [-0.1, -0.05) is 32.1 Å². The van der Waals surface area contributed by atoms with Gasteiger partial charge in [0, 0.05) is 12.3 Å². The summed E-state index contributed by atoms with van der Waals surface area (Å²) >= 11 is 0. The fourth-order valence-electron chi connectivity index (χ4n) is 5.09. The lowest BCUT2D eigenvalue weighted by Gasteiger charge is -2.56. The number of cyclic esters (lactones) is 1. The number of fused-ring (bicyclic) bond motifs is 1. The van der Waals surface area contributed by atoms with Crippen LogP contribution in [0.5, 0.6) is 0 Å². The third kappa shape index (κ3) is 2.72. The lowest BCUT2D eigenvalue weighted by atomic mass is 9.50. The minimum atomic E-state index is -2.10. The Labute approximate surface area is 142 Å². The van der Waals surface area contributed by atoms with E-state index < -0.39 is 23.8 Å². The van der Waals surface area contributed by atoms with Crippen LogP contribution in [0.4, 0.5) is 4.39 Å². The first kappa shape index (κ1) is 17.6. The third-order valence-electron chi connectivity index (χ3n) is 6.77.